The van der Waals surface area contributed by atoms with E-state index in [0.717, 1.165) is 11.3 Å². The summed E-state index contributed by atoms with van der Waals surface area (Å²) in [5, 5.41) is 4.05. The van der Waals surface area contributed by atoms with Gasteiger partial charge in [0.25, 0.3) is 0 Å². The molecule has 17 heavy (non-hydrogen) atoms. The van der Waals surface area contributed by atoms with Crippen LogP contribution in [0.5, 0.6) is 0 Å². The average Bonchev–Trinajstić information content (AvgIpc) is 2.78. The molecular formula is C12H12N4S. The van der Waals surface area contributed by atoms with Gasteiger partial charge in [-0.3, -0.25) is 5.43 Å². The molecule has 0 saturated heterocycles. The van der Waals surface area contributed by atoms with Gasteiger partial charge in [-0.2, -0.15) is 5.10 Å². The molecule has 0 unspecified atom stereocenters. The lowest BCUT2D eigenvalue weighted by Gasteiger charge is -2.00. The molecule has 86 valence electrons. The zero-order valence-corrected chi connectivity index (χ0v) is 9.89. The number of nitrogens with zero attached hydrogens (tertiary/aromatic N) is 2. The Balaban J connectivity index is 2.11. The molecule has 0 spiro atoms. The Morgan fingerprint density at radius 3 is 2.76 bits per heavy atom. The molecule has 0 bridgehead atoms. The number of nitrogens with two attached hydrogens (primary N) is 1. The second-order valence-electron chi connectivity index (χ2n) is 3.42. The van der Waals surface area contributed by atoms with E-state index in [9.17, 15) is 0 Å². The van der Waals surface area contributed by atoms with Gasteiger partial charge in [0, 0.05) is 23.6 Å². The maximum atomic E-state index is 5.25. The molecule has 1 aromatic heterocycles. The lowest BCUT2D eigenvalue weighted by molar-refractivity contribution is 1.04. The molecule has 0 amide bonds. The number of hydrogen-bond donors (Lipinski definition) is 2. The lowest BCUT2D eigenvalue weighted by atomic mass is 10.3. The highest BCUT2D eigenvalue weighted by atomic mass is 32.1. The zero-order valence-electron chi connectivity index (χ0n) is 9.08. The van der Waals surface area contributed by atoms with Crippen molar-refractivity contribution < 1.29 is 0 Å². The van der Waals surface area contributed by atoms with Crippen LogP contribution in [0.3, 0.4) is 0 Å². The number of hydrazone groups is 1. The fraction of sp³-hybridized carbons (Fsp3) is 0. The highest BCUT2D eigenvalue weighted by Crippen LogP contribution is 2.08. The van der Waals surface area contributed by atoms with Crippen molar-refractivity contribution in [3.8, 4) is 5.69 Å². The summed E-state index contributed by atoms with van der Waals surface area (Å²) in [4.78, 5) is 0. The molecule has 4 nitrogen and oxygen atoms in total. The van der Waals surface area contributed by atoms with Crippen molar-refractivity contribution in [2.75, 3.05) is 0 Å². The number of rotatable bonds is 3. The van der Waals surface area contributed by atoms with Crippen LogP contribution in [0.4, 0.5) is 0 Å². The molecule has 0 aliphatic heterocycles. The zero-order chi connectivity index (χ0) is 12.1. The predicted octanol–water partition coefficient (Wildman–Crippen LogP) is 1.64. The maximum Gasteiger partial charge on any atom is 0.184 e. The van der Waals surface area contributed by atoms with E-state index >= 15 is 0 Å². The molecule has 1 aromatic carbocycles. The first-order valence-electron chi connectivity index (χ1n) is 5.07. The minimum absolute atomic E-state index is 0.156. The summed E-state index contributed by atoms with van der Waals surface area (Å²) in [5.74, 6) is 0. The molecule has 2 rings (SSSR count). The van der Waals surface area contributed by atoms with Crippen molar-refractivity contribution in [1.29, 1.82) is 0 Å². The number of nitrogens with one attached hydrogen (secondary N) is 1. The summed E-state index contributed by atoms with van der Waals surface area (Å²) in [7, 11) is 0. The Hall–Kier alpha value is -2.14. The van der Waals surface area contributed by atoms with Crippen LogP contribution in [0.25, 0.3) is 5.69 Å². The fourth-order valence-corrected chi connectivity index (χ4v) is 1.47. The van der Waals surface area contributed by atoms with Crippen LogP contribution in [-0.2, 0) is 0 Å². The van der Waals surface area contributed by atoms with E-state index in [4.69, 9.17) is 5.73 Å². The number of hydrogen-bond acceptors (Lipinski definition) is 2. The molecular weight excluding hydrogens is 232 g/mol. The molecule has 0 aliphatic rings. The van der Waals surface area contributed by atoms with Gasteiger partial charge in [-0.15, -0.1) is 0 Å². The van der Waals surface area contributed by atoms with Crippen LogP contribution in [0, 0.1) is 0 Å². The van der Waals surface area contributed by atoms with Crippen LogP contribution in [0.15, 0.2) is 53.9 Å². The van der Waals surface area contributed by atoms with E-state index < -0.39 is 0 Å². The minimum atomic E-state index is 0.156. The molecule has 0 saturated carbocycles. The molecule has 3 N–H and O–H groups in total. The average molecular weight is 244 g/mol. The van der Waals surface area contributed by atoms with E-state index in [1.54, 1.807) is 6.21 Å². The number of aromatic nitrogens is 1. The van der Waals surface area contributed by atoms with Crippen LogP contribution in [-0.4, -0.2) is 15.9 Å². The quantitative estimate of drug-likeness (QED) is 0.490. The maximum absolute atomic E-state index is 5.25. The first kappa shape index (κ1) is 11.3. The van der Waals surface area contributed by atoms with Crippen molar-refractivity contribution in [3.05, 3.63) is 54.4 Å². The summed E-state index contributed by atoms with van der Waals surface area (Å²) < 4.78 is 2.02. The third-order valence-electron chi connectivity index (χ3n) is 2.16. The van der Waals surface area contributed by atoms with Crippen molar-refractivity contribution >= 4 is 23.5 Å². The van der Waals surface area contributed by atoms with Crippen LogP contribution in [0.2, 0.25) is 0 Å². The molecule has 0 aliphatic carbocycles. The molecule has 0 atom stereocenters. The Kier molecular flexibility index (Phi) is 3.52. The van der Waals surface area contributed by atoms with Gasteiger partial charge in [-0.05, 0) is 30.4 Å². The first-order valence-corrected chi connectivity index (χ1v) is 5.48. The van der Waals surface area contributed by atoms with Gasteiger partial charge < -0.3 is 10.3 Å². The number of thiocarbonyl (C=S) groups is 1. The number of benzene rings is 1. The Bertz CT molecular complexity index is 530. The fourth-order valence-electron chi connectivity index (χ4n) is 1.42. The largest absolute Gasteiger partial charge is 0.375 e. The van der Waals surface area contributed by atoms with Crippen LogP contribution in [0.1, 0.15) is 5.56 Å². The van der Waals surface area contributed by atoms with E-state index in [1.165, 1.54) is 0 Å². The molecule has 1 heterocycles. The molecule has 0 fully saturated rings. The first-order chi connectivity index (χ1) is 8.25. The highest BCUT2D eigenvalue weighted by molar-refractivity contribution is 7.80. The lowest BCUT2D eigenvalue weighted by Crippen LogP contribution is -2.23. The Morgan fingerprint density at radius 2 is 2.06 bits per heavy atom. The van der Waals surface area contributed by atoms with Crippen molar-refractivity contribution in [2.45, 2.75) is 0 Å². The summed E-state index contributed by atoms with van der Waals surface area (Å²) in [6.07, 6.45) is 5.61. The van der Waals surface area contributed by atoms with Crippen LogP contribution < -0.4 is 11.2 Å². The second-order valence-corrected chi connectivity index (χ2v) is 3.86. The third kappa shape index (κ3) is 3.15. The Morgan fingerprint density at radius 1 is 1.29 bits per heavy atom. The topological polar surface area (TPSA) is 55.3 Å². The normalized spacial score (nSPS) is 10.6. The van der Waals surface area contributed by atoms with E-state index in [2.05, 4.69) is 22.7 Å². The van der Waals surface area contributed by atoms with Gasteiger partial charge in [0.15, 0.2) is 5.11 Å². The van der Waals surface area contributed by atoms with Crippen LogP contribution >= 0.6 is 12.2 Å². The molecule has 5 heteroatoms. The third-order valence-corrected chi connectivity index (χ3v) is 2.25. The van der Waals surface area contributed by atoms with Crippen molar-refractivity contribution in [3.63, 3.8) is 0 Å². The summed E-state index contributed by atoms with van der Waals surface area (Å²) >= 11 is 4.64. The van der Waals surface area contributed by atoms with Gasteiger partial charge in [0.05, 0.1) is 6.21 Å². The van der Waals surface area contributed by atoms with Crippen molar-refractivity contribution in [1.82, 2.24) is 9.99 Å². The minimum Gasteiger partial charge on any atom is -0.375 e. The smallest absolute Gasteiger partial charge is 0.184 e. The summed E-state index contributed by atoms with van der Waals surface area (Å²) in [6, 6.07) is 12.0. The molecule has 2 aromatic rings. The highest BCUT2D eigenvalue weighted by Gasteiger charge is 1.96. The number of para-hydroxylation sites is 1. The Labute approximate surface area is 105 Å². The SMILES string of the molecule is NC(=S)N/N=C\c1ccn(-c2ccccc2)c1. The standard InChI is InChI=1S/C12H12N4S/c13-12(17)15-14-8-10-6-7-16(9-10)11-4-2-1-3-5-11/h1-9H,(H3,13,15,17)/b14-8-. The van der Waals surface area contributed by atoms with Gasteiger partial charge in [-0.1, -0.05) is 18.2 Å². The van der Waals surface area contributed by atoms with E-state index in [1.807, 2.05) is 53.4 Å². The van der Waals surface area contributed by atoms with Gasteiger partial charge in [0.2, 0.25) is 0 Å². The van der Waals surface area contributed by atoms with E-state index in [0.29, 0.717) is 0 Å². The van der Waals surface area contributed by atoms with Gasteiger partial charge >= 0.3 is 0 Å². The monoisotopic (exact) mass is 244 g/mol. The van der Waals surface area contributed by atoms with Gasteiger partial charge in [0.1, 0.15) is 0 Å². The second kappa shape index (κ2) is 5.27. The summed E-state index contributed by atoms with van der Waals surface area (Å²) in [6.45, 7) is 0. The van der Waals surface area contributed by atoms with E-state index in [-0.39, 0.29) is 5.11 Å². The molecule has 0 radical (unpaired) electrons. The van der Waals surface area contributed by atoms with Crippen molar-refractivity contribution in [2.24, 2.45) is 10.8 Å². The predicted molar refractivity (Wildman–Crippen MR) is 73.3 cm³/mol. The summed E-state index contributed by atoms with van der Waals surface area (Å²) in [5.41, 5.74) is 9.84. The van der Waals surface area contributed by atoms with Gasteiger partial charge in [-0.25, -0.2) is 0 Å².